The second-order valence-electron chi connectivity index (χ2n) is 2.00. The first kappa shape index (κ1) is 8.36. The number of aliphatic hydroxyl groups is 1. The van der Waals surface area contributed by atoms with Crippen LogP contribution in [0.1, 0.15) is 20.3 Å². The summed E-state index contributed by atoms with van der Waals surface area (Å²) in [5.41, 5.74) is 0. The minimum Gasteiger partial charge on any atom is -0.386 e. The molecule has 0 rings (SSSR count). The van der Waals surface area contributed by atoms with E-state index in [1.807, 2.05) is 0 Å². The number of hydrogen-bond acceptors (Lipinski definition) is 3. The van der Waals surface area contributed by atoms with Crippen molar-refractivity contribution in [3.8, 4) is 0 Å². The smallest absolute Gasteiger partial charge is 0.238 e. The van der Waals surface area contributed by atoms with E-state index in [4.69, 9.17) is 5.11 Å². The van der Waals surface area contributed by atoms with Crippen LogP contribution in [0, 0.1) is 10.1 Å². The molecule has 0 fully saturated rings. The fourth-order valence-corrected chi connectivity index (χ4v) is 0.666. The van der Waals surface area contributed by atoms with Crippen molar-refractivity contribution in [3.05, 3.63) is 10.1 Å². The van der Waals surface area contributed by atoms with Crippen LogP contribution in [0.5, 0.6) is 0 Å². The Morgan fingerprint density at radius 1 is 1.78 bits per heavy atom. The molecule has 0 radical (unpaired) electrons. The monoisotopic (exact) mass is 133 g/mol. The van der Waals surface area contributed by atoms with Gasteiger partial charge in [-0.3, -0.25) is 10.1 Å². The number of rotatable bonds is 3. The van der Waals surface area contributed by atoms with Gasteiger partial charge in [0.25, 0.3) is 0 Å². The standard InChI is InChI=1S/C5H11NO3/c1-3-5(4(2)7)6(8)9/h4-5,7H,3H2,1-2H3/t4-,5+/m1/s1. The highest BCUT2D eigenvalue weighted by Crippen LogP contribution is 2.00. The van der Waals surface area contributed by atoms with Gasteiger partial charge >= 0.3 is 0 Å². The van der Waals surface area contributed by atoms with Gasteiger partial charge in [0.2, 0.25) is 6.04 Å². The first-order valence-electron chi connectivity index (χ1n) is 2.91. The van der Waals surface area contributed by atoms with Gasteiger partial charge in [0.15, 0.2) is 0 Å². The van der Waals surface area contributed by atoms with Crippen LogP contribution >= 0.6 is 0 Å². The predicted octanol–water partition coefficient (Wildman–Crippen LogP) is 0.422. The maximum absolute atomic E-state index is 10.0. The molecule has 54 valence electrons. The Balaban J connectivity index is 3.83. The molecule has 0 saturated heterocycles. The van der Waals surface area contributed by atoms with Crippen LogP contribution in [0.15, 0.2) is 0 Å². The van der Waals surface area contributed by atoms with E-state index in [0.717, 1.165) is 0 Å². The summed E-state index contributed by atoms with van der Waals surface area (Å²) in [6.45, 7) is 3.11. The third-order valence-corrected chi connectivity index (χ3v) is 1.25. The zero-order valence-corrected chi connectivity index (χ0v) is 5.57. The van der Waals surface area contributed by atoms with Crippen LogP contribution in [-0.4, -0.2) is 22.2 Å². The molecule has 9 heavy (non-hydrogen) atoms. The quantitative estimate of drug-likeness (QED) is 0.448. The van der Waals surface area contributed by atoms with Crippen molar-refractivity contribution in [2.45, 2.75) is 32.4 Å². The molecular weight excluding hydrogens is 122 g/mol. The molecule has 0 aromatic heterocycles. The van der Waals surface area contributed by atoms with Crippen molar-refractivity contribution in [1.82, 2.24) is 0 Å². The molecule has 4 heteroatoms. The molecule has 1 N–H and O–H groups in total. The maximum atomic E-state index is 10.0. The molecule has 0 aliphatic carbocycles. The Labute approximate surface area is 53.6 Å². The molecule has 0 heterocycles. The van der Waals surface area contributed by atoms with Crippen LogP contribution in [0.25, 0.3) is 0 Å². The van der Waals surface area contributed by atoms with Crippen LogP contribution in [0.4, 0.5) is 0 Å². The van der Waals surface area contributed by atoms with Crippen molar-refractivity contribution in [3.63, 3.8) is 0 Å². The van der Waals surface area contributed by atoms with Crippen LogP contribution in [0.3, 0.4) is 0 Å². The fraction of sp³-hybridized carbons (Fsp3) is 1.00. The van der Waals surface area contributed by atoms with E-state index < -0.39 is 17.1 Å². The maximum Gasteiger partial charge on any atom is 0.238 e. The fourth-order valence-electron chi connectivity index (χ4n) is 0.666. The van der Waals surface area contributed by atoms with E-state index in [1.54, 1.807) is 6.92 Å². The third kappa shape index (κ3) is 2.41. The van der Waals surface area contributed by atoms with E-state index in [0.29, 0.717) is 6.42 Å². The molecule has 4 nitrogen and oxygen atoms in total. The van der Waals surface area contributed by atoms with Gasteiger partial charge in [0.1, 0.15) is 6.10 Å². The van der Waals surface area contributed by atoms with E-state index in [1.165, 1.54) is 6.92 Å². The van der Waals surface area contributed by atoms with E-state index in [2.05, 4.69) is 0 Å². The highest BCUT2D eigenvalue weighted by molar-refractivity contribution is 4.59. The molecule has 0 unspecified atom stereocenters. The number of nitro groups is 1. The summed E-state index contributed by atoms with van der Waals surface area (Å²) in [4.78, 5) is 9.56. The van der Waals surface area contributed by atoms with Gasteiger partial charge in [-0.25, -0.2) is 0 Å². The van der Waals surface area contributed by atoms with E-state index >= 15 is 0 Å². The van der Waals surface area contributed by atoms with Gasteiger partial charge in [0.05, 0.1) is 0 Å². The summed E-state index contributed by atoms with van der Waals surface area (Å²) in [6, 6.07) is -0.801. The predicted molar refractivity (Wildman–Crippen MR) is 32.8 cm³/mol. The van der Waals surface area contributed by atoms with Gasteiger partial charge in [-0.15, -0.1) is 0 Å². The lowest BCUT2D eigenvalue weighted by molar-refractivity contribution is -0.533. The third-order valence-electron chi connectivity index (χ3n) is 1.25. The summed E-state index contributed by atoms with van der Waals surface area (Å²) in [7, 11) is 0. The van der Waals surface area contributed by atoms with Crippen molar-refractivity contribution in [2.75, 3.05) is 0 Å². The first-order valence-corrected chi connectivity index (χ1v) is 2.91. The highest BCUT2D eigenvalue weighted by Gasteiger charge is 2.22. The molecule has 2 atom stereocenters. The second-order valence-corrected chi connectivity index (χ2v) is 2.00. The Hall–Kier alpha value is -0.640. The SMILES string of the molecule is CC[C@@H]([C@@H](C)O)[N+](=O)[O-]. The Kier molecular flexibility index (Phi) is 3.16. The number of aliphatic hydroxyl groups excluding tert-OH is 1. The van der Waals surface area contributed by atoms with Crippen LogP contribution < -0.4 is 0 Å². The number of nitrogens with zero attached hydrogens (tertiary/aromatic N) is 1. The van der Waals surface area contributed by atoms with Crippen molar-refractivity contribution >= 4 is 0 Å². The average molecular weight is 133 g/mol. The molecule has 0 aromatic rings. The molecule has 0 aliphatic heterocycles. The van der Waals surface area contributed by atoms with Gasteiger partial charge < -0.3 is 5.11 Å². The Morgan fingerprint density at radius 3 is 2.22 bits per heavy atom. The van der Waals surface area contributed by atoms with Crippen LogP contribution in [-0.2, 0) is 0 Å². The summed E-state index contributed by atoms with van der Waals surface area (Å²) in [5.74, 6) is 0. The molecular formula is C5H11NO3. The molecule has 0 bridgehead atoms. The number of hydrogen-bond donors (Lipinski definition) is 1. The topological polar surface area (TPSA) is 63.4 Å². The molecule has 0 amide bonds. The van der Waals surface area contributed by atoms with Crippen molar-refractivity contribution < 1.29 is 10.0 Å². The van der Waals surface area contributed by atoms with Gasteiger partial charge in [-0.05, 0) is 6.92 Å². The lowest BCUT2D eigenvalue weighted by Gasteiger charge is -2.07. The first-order chi connectivity index (χ1) is 4.09. The summed E-state index contributed by atoms with van der Waals surface area (Å²) < 4.78 is 0. The molecule has 0 spiro atoms. The van der Waals surface area contributed by atoms with Crippen molar-refractivity contribution in [1.29, 1.82) is 0 Å². The normalized spacial score (nSPS) is 16.8. The van der Waals surface area contributed by atoms with Gasteiger partial charge in [-0.1, -0.05) is 6.92 Å². The van der Waals surface area contributed by atoms with Gasteiger partial charge in [0, 0.05) is 11.3 Å². The van der Waals surface area contributed by atoms with Crippen LogP contribution in [0.2, 0.25) is 0 Å². The Bertz CT molecular complexity index is 102. The molecule has 0 saturated carbocycles. The minimum atomic E-state index is -0.843. The highest BCUT2D eigenvalue weighted by atomic mass is 16.6. The summed E-state index contributed by atoms with van der Waals surface area (Å²) in [5, 5.41) is 18.8. The lowest BCUT2D eigenvalue weighted by atomic mass is 10.1. The summed E-state index contributed by atoms with van der Waals surface area (Å²) in [6.07, 6.45) is -0.463. The summed E-state index contributed by atoms with van der Waals surface area (Å²) >= 11 is 0. The minimum absolute atomic E-state index is 0.380. The van der Waals surface area contributed by atoms with Gasteiger partial charge in [-0.2, -0.15) is 0 Å². The largest absolute Gasteiger partial charge is 0.386 e. The zero-order chi connectivity index (χ0) is 7.44. The Morgan fingerprint density at radius 2 is 2.22 bits per heavy atom. The lowest BCUT2D eigenvalue weighted by Crippen LogP contribution is -2.30. The van der Waals surface area contributed by atoms with E-state index in [9.17, 15) is 10.1 Å². The average Bonchev–Trinajstić information content (AvgIpc) is 1.64. The molecule has 0 aromatic carbocycles. The second kappa shape index (κ2) is 3.40. The van der Waals surface area contributed by atoms with Crippen molar-refractivity contribution in [2.24, 2.45) is 0 Å². The molecule has 0 aliphatic rings. The van der Waals surface area contributed by atoms with E-state index in [-0.39, 0.29) is 0 Å². The zero-order valence-electron chi connectivity index (χ0n) is 5.57.